The van der Waals surface area contributed by atoms with Gasteiger partial charge in [-0.2, -0.15) is 0 Å². The van der Waals surface area contributed by atoms with E-state index in [0.717, 1.165) is 0 Å². The van der Waals surface area contributed by atoms with Gasteiger partial charge in [-0.3, -0.25) is 9.59 Å². The van der Waals surface area contributed by atoms with E-state index in [-0.39, 0.29) is 24.6 Å². The topological polar surface area (TPSA) is 83.3 Å². The fraction of sp³-hybridized carbons (Fsp3) is 0.600. The van der Waals surface area contributed by atoms with Gasteiger partial charge in [-0.15, -0.1) is 5.10 Å². The summed E-state index contributed by atoms with van der Waals surface area (Å²) in [5, 5.41) is 7.41. The molecule has 0 fully saturated rings. The van der Waals surface area contributed by atoms with Crippen LogP contribution in [-0.2, 0) is 20.8 Å². The summed E-state index contributed by atoms with van der Waals surface area (Å²) in [6.45, 7) is 3.57. The van der Waals surface area contributed by atoms with Crippen molar-refractivity contribution in [1.82, 2.24) is 15.0 Å². The highest BCUT2D eigenvalue weighted by Crippen LogP contribution is 2.04. The van der Waals surface area contributed by atoms with Crippen molar-refractivity contribution in [3.8, 4) is 0 Å². The fourth-order valence-corrected chi connectivity index (χ4v) is 1.24. The van der Waals surface area contributed by atoms with Crippen LogP contribution in [0.25, 0.3) is 0 Å². The molecule has 0 aliphatic carbocycles. The van der Waals surface area contributed by atoms with E-state index >= 15 is 0 Å². The first-order chi connectivity index (χ1) is 8.06. The molecule has 1 aromatic heterocycles. The van der Waals surface area contributed by atoms with E-state index < -0.39 is 5.97 Å². The molecule has 0 unspecified atom stereocenters. The number of nitrogens with zero attached hydrogens (tertiary/aromatic N) is 3. The second-order valence-electron chi connectivity index (χ2n) is 3.45. The van der Waals surface area contributed by atoms with Crippen LogP contribution in [0.2, 0.25) is 0 Å². The summed E-state index contributed by atoms with van der Waals surface area (Å²) in [7, 11) is 1.52. The van der Waals surface area contributed by atoms with Crippen LogP contribution in [0.4, 0.5) is 0 Å². The van der Waals surface area contributed by atoms with Crippen LogP contribution in [0.15, 0.2) is 0 Å². The molecule has 0 N–H and O–H groups in total. The average Bonchev–Trinajstić information content (AvgIpc) is 2.61. The van der Waals surface area contributed by atoms with E-state index in [4.69, 9.17) is 9.47 Å². The van der Waals surface area contributed by atoms with Crippen molar-refractivity contribution >= 4 is 11.8 Å². The smallest absolute Gasteiger partial charge is 0.327 e. The van der Waals surface area contributed by atoms with E-state index in [0.29, 0.717) is 12.3 Å². The minimum atomic E-state index is -0.440. The summed E-state index contributed by atoms with van der Waals surface area (Å²) in [6, 6.07) is 0. The van der Waals surface area contributed by atoms with Crippen LogP contribution in [0.1, 0.15) is 23.1 Å². The Kier molecular flexibility index (Phi) is 4.77. The van der Waals surface area contributed by atoms with E-state index in [1.807, 2.05) is 0 Å². The van der Waals surface area contributed by atoms with Gasteiger partial charge in [0.05, 0.1) is 12.3 Å². The van der Waals surface area contributed by atoms with Gasteiger partial charge in [-0.1, -0.05) is 5.21 Å². The molecule has 1 rings (SSSR count). The third-order valence-corrected chi connectivity index (χ3v) is 2.15. The molecule has 1 aromatic rings. The lowest BCUT2D eigenvalue weighted by Gasteiger charge is -2.04. The van der Waals surface area contributed by atoms with Gasteiger partial charge in [-0.25, -0.2) is 4.68 Å². The molecule has 0 aliphatic rings. The molecule has 94 valence electrons. The summed E-state index contributed by atoms with van der Waals surface area (Å²) in [5.74, 6) is -0.619. The molecule has 0 atom stereocenters. The molecule has 0 amide bonds. The predicted molar refractivity (Wildman–Crippen MR) is 57.6 cm³/mol. The van der Waals surface area contributed by atoms with Gasteiger partial charge >= 0.3 is 5.97 Å². The van der Waals surface area contributed by atoms with E-state index in [2.05, 4.69) is 10.3 Å². The first-order valence-electron chi connectivity index (χ1n) is 5.11. The molecule has 0 spiro atoms. The van der Waals surface area contributed by atoms with E-state index in [1.54, 1.807) is 6.92 Å². The van der Waals surface area contributed by atoms with Crippen LogP contribution in [0, 0.1) is 6.92 Å². The van der Waals surface area contributed by atoms with Crippen LogP contribution in [-0.4, -0.2) is 47.1 Å². The zero-order chi connectivity index (χ0) is 12.8. The lowest BCUT2D eigenvalue weighted by Crippen LogP contribution is -2.18. The number of hydrogen-bond donors (Lipinski definition) is 0. The van der Waals surface area contributed by atoms with Crippen molar-refractivity contribution in [2.24, 2.45) is 0 Å². The number of hydrogen-bond acceptors (Lipinski definition) is 6. The highest BCUT2D eigenvalue weighted by atomic mass is 16.6. The maximum atomic E-state index is 11.4. The van der Waals surface area contributed by atoms with Crippen molar-refractivity contribution in [3.05, 3.63) is 11.4 Å². The highest BCUT2D eigenvalue weighted by molar-refractivity contribution is 5.93. The van der Waals surface area contributed by atoms with Crippen molar-refractivity contribution in [2.45, 2.75) is 20.4 Å². The van der Waals surface area contributed by atoms with Crippen molar-refractivity contribution in [1.29, 1.82) is 0 Å². The molecule has 1 heterocycles. The highest BCUT2D eigenvalue weighted by Gasteiger charge is 2.14. The number of carbonyl (C=O) groups excluding carboxylic acids is 2. The second kappa shape index (κ2) is 6.09. The Morgan fingerprint density at radius 2 is 2.06 bits per heavy atom. The average molecular weight is 241 g/mol. The minimum absolute atomic E-state index is 0.0597. The predicted octanol–water partition coefficient (Wildman–Crippen LogP) is -0.0213. The van der Waals surface area contributed by atoms with Gasteiger partial charge in [0.15, 0.2) is 11.5 Å². The molecule has 0 saturated heterocycles. The minimum Gasteiger partial charge on any atom is -0.462 e. The lowest BCUT2D eigenvalue weighted by molar-refractivity contribution is -0.145. The third kappa shape index (κ3) is 3.63. The van der Waals surface area contributed by atoms with Gasteiger partial charge in [-0.05, 0) is 6.92 Å². The molecule has 7 nitrogen and oxygen atoms in total. The van der Waals surface area contributed by atoms with E-state index in [9.17, 15) is 9.59 Å². The standard InChI is InChI=1S/C10H15N3O4/c1-7-10(8(2)14)11-12-13(7)6-9(15)17-5-4-16-3/h4-6H2,1-3H3. The Bertz CT molecular complexity index is 414. The molecule has 0 aliphatic heterocycles. The van der Waals surface area contributed by atoms with Gasteiger partial charge in [0.2, 0.25) is 0 Å². The Morgan fingerprint density at radius 3 is 2.59 bits per heavy atom. The monoisotopic (exact) mass is 241 g/mol. The van der Waals surface area contributed by atoms with Crippen molar-refractivity contribution in [2.75, 3.05) is 20.3 Å². The summed E-state index contributed by atoms with van der Waals surface area (Å²) < 4.78 is 11.0. The number of ether oxygens (including phenoxy) is 2. The summed E-state index contributed by atoms with van der Waals surface area (Å²) in [6.07, 6.45) is 0. The molecule has 0 radical (unpaired) electrons. The second-order valence-corrected chi connectivity index (χ2v) is 3.45. The zero-order valence-electron chi connectivity index (χ0n) is 10.1. The maximum Gasteiger partial charge on any atom is 0.327 e. The number of ketones is 1. The Hall–Kier alpha value is -1.76. The molecule has 0 bridgehead atoms. The lowest BCUT2D eigenvalue weighted by atomic mass is 10.2. The quantitative estimate of drug-likeness (QED) is 0.395. The normalized spacial score (nSPS) is 10.3. The molecule has 0 saturated carbocycles. The Morgan fingerprint density at radius 1 is 1.35 bits per heavy atom. The summed E-state index contributed by atoms with van der Waals surface area (Å²) in [5.41, 5.74) is 0.830. The Balaban J connectivity index is 2.57. The number of Topliss-reactive ketones (excluding diaryl/α,β-unsaturated/α-hetero) is 1. The first kappa shape index (κ1) is 13.3. The van der Waals surface area contributed by atoms with Crippen molar-refractivity contribution in [3.63, 3.8) is 0 Å². The van der Waals surface area contributed by atoms with Gasteiger partial charge in [0.1, 0.15) is 13.2 Å². The molecule has 7 heteroatoms. The fourth-order valence-electron chi connectivity index (χ4n) is 1.24. The molecule has 17 heavy (non-hydrogen) atoms. The van der Waals surface area contributed by atoms with Gasteiger partial charge < -0.3 is 9.47 Å². The van der Waals surface area contributed by atoms with E-state index in [1.165, 1.54) is 18.7 Å². The van der Waals surface area contributed by atoms with Crippen LogP contribution in [0.5, 0.6) is 0 Å². The zero-order valence-corrected chi connectivity index (χ0v) is 10.1. The van der Waals surface area contributed by atoms with Gasteiger partial charge in [0.25, 0.3) is 0 Å². The maximum absolute atomic E-state index is 11.4. The molecular weight excluding hydrogens is 226 g/mol. The largest absolute Gasteiger partial charge is 0.462 e. The van der Waals surface area contributed by atoms with Gasteiger partial charge in [0, 0.05) is 14.0 Å². The SMILES string of the molecule is COCCOC(=O)Cn1nnc(C(C)=O)c1C. The number of rotatable bonds is 6. The number of aromatic nitrogens is 3. The van der Waals surface area contributed by atoms with Crippen LogP contribution >= 0.6 is 0 Å². The number of carbonyl (C=O) groups is 2. The molecule has 0 aromatic carbocycles. The summed E-state index contributed by atoms with van der Waals surface area (Å²) >= 11 is 0. The number of methoxy groups -OCH3 is 1. The molecular formula is C10H15N3O4. The van der Waals surface area contributed by atoms with Crippen LogP contribution < -0.4 is 0 Å². The number of esters is 1. The van der Waals surface area contributed by atoms with Crippen molar-refractivity contribution < 1.29 is 19.1 Å². The Labute approximate surface area is 98.7 Å². The third-order valence-electron chi connectivity index (χ3n) is 2.15. The van der Waals surface area contributed by atoms with Crippen LogP contribution in [0.3, 0.4) is 0 Å². The first-order valence-corrected chi connectivity index (χ1v) is 5.11. The summed E-state index contributed by atoms with van der Waals surface area (Å²) in [4.78, 5) is 22.5.